The highest BCUT2D eigenvalue weighted by molar-refractivity contribution is 5.96. The number of benzene rings is 1. The number of pyridine rings is 1. The molecular formula is C20H20N2O4. The van der Waals surface area contributed by atoms with E-state index < -0.39 is 0 Å². The van der Waals surface area contributed by atoms with Crippen LogP contribution in [0.3, 0.4) is 0 Å². The molecule has 26 heavy (non-hydrogen) atoms. The Kier molecular flexibility index (Phi) is 3.78. The van der Waals surface area contributed by atoms with Crippen molar-refractivity contribution >= 4 is 11.6 Å². The van der Waals surface area contributed by atoms with E-state index >= 15 is 0 Å². The monoisotopic (exact) mass is 352 g/mol. The van der Waals surface area contributed by atoms with Crippen molar-refractivity contribution in [1.82, 2.24) is 4.98 Å². The smallest absolute Gasteiger partial charge is 0.230 e. The predicted octanol–water partition coefficient (Wildman–Crippen LogP) is 2.75. The second kappa shape index (κ2) is 6.29. The van der Waals surface area contributed by atoms with Crippen LogP contribution in [0.25, 0.3) is 0 Å². The van der Waals surface area contributed by atoms with Crippen LogP contribution < -0.4 is 14.8 Å². The summed E-state index contributed by atoms with van der Waals surface area (Å²) in [6.45, 7) is 1.01. The summed E-state index contributed by atoms with van der Waals surface area (Å²) in [4.78, 5) is 17.3. The topological polar surface area (TPSA) is 69.7 Å². The molecule has 1 amide bonds. The van der Waals surface area contributed by atoms with Crippen LogP contribution in [0, 0.1) is 5.92 Å². The average Bonchev–Trinajstić information content (AvgIpc) is 3.30. The summed E-state index contributed by atoms with van der Waals surface area (Å²) in [7, 11) is 0. The summed E-state index contributed by atoms with van der Waals surface area (Å²) < 4.78 is 17.4. The van der Waals surface area contributed by atoms with Crippen molar-refractivity contribution in [2.75, 3.05) is 18.5 Å². The van der Waals surface area contributed by atoms with Crippen molar-refractivity contribution in [3.63, 3.8) is 0 Å². The number of hydrogen-bond acceptors (Lipinski definition) is 5. The highest BCUT2D eigenvalue weighted by Gasteiger charge is 2.52. The Balaban J connectivity index is 1.43. The zero-order chi connectivity index (χ0) is 17.5. The fraction of sp³-hybridized carbons (Fsp3) is 0.400. The molecule has 134 valence electrons. The Morgan fingerprint density at radius 1 is 1.04 bits per heavy atom. The maximum absolute atomic E-state index is 13.2. The van der Waals surface area contributed by atoms with Gasteiger partial charge in [-0.1, -0.05) is 6.07 Å². The van der Waals surface area contributed by atoms with E-state index in [0.717, 1.165) is 18.4 Å². The molecule has 1 N–H and O–H groups in total. The van der Waals surface area contributed by atoms with Gasteiger partial charge in [0.25, 0.3) is 0 Å². The standard InChI is InChI=1S/C20H20N2O4/c23-20(22-13-2-1-3-16-19(13)25-11-10-24-16)18-15-5-4-14(26-15)17(18)12-6-8-21-9-7-12/h1-3,6-9,14-15,17-18H,4-5,10-11H2,(H,22,23). The lowest BCUT2D eigenvalue weighted by Gasteiger charge is -2.28. The van der Waals surface area contributed by atoms with Gasteiger partial charge >= 0.3 is 0 Å². The highest BCUT2D eigenvalue weighted by atomic mass is 16.6. The van der Waals surface area contributed by atoms with Gasteiger partial charge in [-0.25, -0.2) is 0 Å². The predicted molar refractivity (Wildman–Crippen MR) is 94.4 cm³/mol. The molecule has 2 aromatic rings. The SMILES string of the molecule is O=C(Nc1cccc2c1OCCO2)C1C2CCC(O2)C1c1ccncc1. The average molecular weight is 352 g/mol. The van der Waals surface area contributed by atoms with Gasteiger partial charge in [-0.15, -0.1) is 0 Å². The van der Waals surface area contributed by atoms with Crippen molar-refractivity contribution in [3.8, 4) is 11.5 Å². The number of rotatable bonds is 3. The van der Waals surface area contributed by atoms with Crippen molar-refractivity contribution in [2.24, 2.45) is 5.92 Å². The number of carbonyl (C=O) groups excluding carboxylic acids is 1. The van der Waals surface area contributed by atoms with E-state index in [-0.39, 0.29) is 30.0 Å². The van der Waals surface area contributed by atoms with E-state index in [1.807, 2.05) is 30.3 Å². The van der Waals surface area contributed by atoms with E-state index in [1.54, 1.807) is 12.4 Å². The molecule has 4 atom stereocenters. The summed E-state index contributed by atoms with van der Waals surface area (Å²) in [5.74, 6) is 1.10. The largest absolute Gasteiger partial charge is 0.486 e. The lowest BCUT2D eigenvalue weighted by atomic mass is 9.75. The van der Waals surface area contributed by atoms with Gasteiger partial charge in [0.2, 0.25) is 5.91 Å². The molecule has 2 fully saturated rings. The van der Waals surface area contributed by atoms with Crippen LogP contribution >= 0.6 is 0 Å². The minimum Gasteiger partial charge on any atom is -0.486 e. The zero-order valence-electron chi connectivity index (χ0n) is 14.3. The Labute approximate surface area is 151 Å². The Morgan fingerprint density at radius 3 is 2.73 bits per heavy atom. The molecule has 3 aliphatic heterocycles. The number of hydrogen-bond donors (Lipinski definition) is 1. The summed E-state index contributed by atoms with van der Waals surface area (Å²) >= 11 is 0. The first kappa shape index (κ1) is 15.6. The molecule has 0 saturated carbocycles. The fourth-order valence-electron chi connectivity index (χ4n) is 4.41. The minimum atomic E-state index is -0.212. The number of carbonyl (C=O) groups is 1. The van der Waals surface area contributed by atoms with Gasteiger partial charge < -0.3 is 19.5 Å². The van der Waals surface area contributed by atoms with Crippen LogP contribution in [-0.4, -0.2) is 36.3 Å². The minimum absolute atomic E-state index is 0.0263. The van der Waals surface area contributed by atoms with Gasteiger partial charge in [-0.2, -0.15) is 0 Å². The van der Waals surface area contributed by atoms with E-state index in [1.165, 1.54) is 0 Å². The van der Waals surface area contributed by atoms with Crippen LogP contribution in [0.4, 0.5) is 5.69 Å². The second-order valence-corrected chi connectivity index (χ2v) is 6.94. The Bertz CT molecular complexity index is 826. The molecule has 6 heteroatoms. The summed E-state index contributed by atoms with van der Waals surface area (Å²) in [6, 6.07) is 9.53. The molecular weight excluding hydrogens is 332 g/mol. The Morgan fingerprint density at radius 2 is 1.85 bits per heavy atom. The normalized spacial score (nSPS) is 28.8. The van der Waals surface area contributed by atoms with Gasteiger partial charge in [-0.05, 0) is 42.7 Å². The molecule has 2 saturated heterocycles. The number of ether oxygens (including phenoxy) is 3. The fourth-order valence-corrected chi connectivity index (χ4v) is 4.41. The van der Waals surface area contributed by atoms with Gasteiger partial charge in [-0.3, -0.25) is 9.78 Å². The Hall–Kier alpha value is -2.60. The number of anilines is 1. The maximum Gasteiger partial charge on any atom is 0.230 e. The van der Waals surface area contributed by atoms with Crippen molar-refractivity contribution in [3.05, 3.63) is 48.3 Å². The summed E-state index contributed by atoms with van der Waals surface area (Å²) in [5.41, 5.74) is 1.77. The number of aromatic nitrogens is 1. The number of amides is 1. The zero-order valence-corrected chi connectivity index (χ0v) is 14.3. The van der Waals surface area contributed by atoms with E-state index in [4.69, 9.17) is 14.2 Å². The highest BCUT2D eigenvalue weighted by Crippen LogP contribution is 2.49. The maximum atomic E-state index is 13.2. The molecule has 4 unspecified atom stereocenters. The van der Waals surface area contributed by atoms with Gasteiger partial charge in [0, 0.05) is 18.3 Å². The number of nitrogens with zero attached hydrogens (tertiary/aromatic N) is 1. The van der Waals surface area contributed by atoms with Crippen LogP contribution in [0.5, 0.6) is 11.5 Å². The molecule has 0 radical (unpaired) electrons. The van der Waals surface area contributed by atoms with E-state index in [0.29, 0.717) is 30.4 Å². The molecule has 5 rings (SSSR count). The summed E-state index contributed by atoms with van der Waals surface area (Å²) in [5, 5.41) is 3.06. The number of nitrogens with one attached hydrogen (secondary N) is 1. The van der Waals surface area contributed by atoms with Crippen LogP contribution in [0.15, 0.2) is 42.7 Å². The third-order valence-electron chi connectivity index (χ3n) is 5.49. The first-order valence-electron chi connectivity index (χ1n) is 9.06. The second-order valence-electron chi connectivity index (χ2n) is 6.94. The molecule has 3 aliphatic rings. The molecule has 0 aliphatic carbocycles. The molecule has 1 aromatic carbocycles. The lowest BCUT2D eigenvalue weighted by molar-refractivity contribution is -0.121. The van der Waals surface area contributed by atoms with Gasteiger partial charge in [0.05, 0.1) is 23.8 Å². The van der Waals surface area contributed by atoms with Gasteiger partial charge in [0.1, 0.15) is 13.2 Å². The third-order valence-corrected chi connectivity index (χ3v) is 5.49. The molecule has 4 heterocycles. The number of para-hydroxylation sites is 1. The van der Waals surface area contributed by atoms with Crippen molar-refractivity contribution < 1.29 is 19.0 Å². The van der Waals surface area contributed by atoms with Crippen molar-refractivity contribution in [2.45, 2.75) is 31.0 Å². The van der Waals surface area contributed by atoms with Crippen LogP contribution in [-0.2, 0) is 9.53 Å². The van der Waals surface area contributed by atoms with Crippen molar-refractivity contribution in [1.29, 1.82) is 0 Å². The molecule has 0 spiro atoms. The van der Waals surface area contributed by atoms with E-state index in [9.17, 15) is 4.79 Å². The quantitative estimate of drug-likeness (QED) is 0.920. The first-order valence-corrected chi connectivity index (χ1v) is 9.06. The van der Waals surface area contributed by atoms with E-state index in [2.05, 4.69) is 10.3 Å². The van der Waals surface area contributed by atoms with Crippen LogP contribution in [0.2, 0.25) is 0 Å². The number of fused-ring (bicyclic) bond motifs is 3. The van der Waals surface area contributed by atoms with Gasteiger partial charge in [0.15, 0.2) is 11.5 Å². The first-order chi connectivity index (χ1) is 12.8. The molecule has 1 aromatic heterocycles. The molecule has 2 bridgehead atoms. The summed E-state index contributed by atoms with van der Waals surface area (Å²) in [6.07, 6.45) is 5.54. The lowest BCUT2D eigenvalue weighted by Crippen LogP contribution is -2.36. The van der Waals surface area contributed by atoms with Crippen LogP contribution in [0.1, 0.15) is 24.3 Å². The molecule has 6 nitrogen and oxygen atoms in total. The third kappa shape index (κ3) is 2.52.